The lowest BCUT2D eigenvalue weighted by molar-refractivity contribution is 0.283. The van der Waals surface area contributed by atoms with E-state index in [0.29, 0.717) is 24.3 Å². The van der Waals surface area contributed by atoms with Gasteiger partial charge in [-0.2, -0.15) is 9.97 Å². The maximum atomic E-state index is 12.6. The first-order chi connectivity index (χ1) is 13.7. The van der Waals surface area contributed by atoms with E-state index in [9.17, 15) is 4.79 Å². The summed E-state index contributed by atoms with van der Waals surface area (Å²) in [6.45, 7) is 2.91. The number of anilines is 1. The molecule has 0 saturated carbocycles. The number of rotatable bonds is 0. The molecule has 2 aliphatic rings. The van der Waals surface area contributed by atoms with E-state index in [0.717, 1.165) is 50.8 Å². The van der Waals surface area contributed by atoms with Gasteiger partial charge >= 0.3 is 11.7 Å². The van der Waals surface area contributed by atoms with Crippen molar-refractivity contribution in [2.24, 2.45) is 0 Å². The van der Waals surface area contributed by atoms with Crippen molar-refractivity contribution >= 4 is 17.0 Å². The van der Waals surface area contributed by atoms with Crippen molar-refractivity contribution in [3.05, 3.63) is 44.9 Å². The lowest BCUT2D eigenvalue weighted by Crippen LogP contribution is -2.25. The average molecular weight is 380 g/mol. The average Bonchev–Trinajstić information content (AvgIpc) is 3.00. The highest BCUT2D eigenvalue weighted by Gasteiger charge is 2.18. The maximum Gasteiger partial charge on any atom is 0.328 e. The van der Waals surface area contributed by atoms with Gasteiger partial charge in [-0.1, -0.05) is 12.1 Å². The van der Waals surface area contributed by atoms with Gasteiger partial charge in [0.25, 0.3) is 0 Å². The topological polar surface area (TPSA) is 111 Å². The Bertz CT molecular complexity index is 1100. The molecule has 0 unspecified atom stereocenters. The molecule has 4 heterocycles. The number of nitrogen functional groups attached to an aromatic ring is 1. The lowest BCUT2D eigenvalue weighted by Gasteiger charge is -2.22. The molecule has 8 heteroatoms. The summed E-state index contributed by atoms with van der Waals surface area (Å²) < 4.78 is 7.33. The molecule has 0 saturated heterocycles. The number of H-pyrrole nitrogens is 1. The normalized spacial score (nSPS) is 17.1. The summed E-state index contributed by atoms with van der Waals surface area (Å²) in [7, 11) is 0. The van der Waals surface area contributed by atoms with E-state index in [1.807, 2.05) is 0 Å². The Morgan fingerprint density at radius 2 is 1.96 bits per heavy atom. The molecule has 146 valence electrons. The van der Waals surface area contributed by atoms with Gasteiger partial charge in [0.2, 0.25) is 0 Å². The van der Waals surface area contributed by atoms with Crippen LogP contribution in [0.2, 0.25) is 0 Å². The van der Waals surface area contributed by atoms with E-state index >= 15 is 0 Å². The Balaban J connectivity index is 1.66. The molecular formula is C20H24N6O2. The smallest absolute Gasteiger partial charge is 0.328 e. The number of nitrogens with zero attached hydrogens (tertiary/aromatic N) is 3. The van der Waals surface area contributed by atoms with Crippen LogP contribution in [-0.4, -0.2) is 32.7 Å². The highest BCUT2D eigenvalue weighted by Crippen LogP contribution is 2.25. The molecule has 2 aromatic heterocycles. The molecule has 0 aliphatic carbocycles. The fraction of sp³-hybridized carbons (Fsp3) is 0.450. The summed E-state index contributed by atoms with van der Waals surface area (Å²) in [5.41, 5.74) is 12.1. The van der Waals surface area contributed by atoms with Crippen molar-refractivity contribution in [1.29, 1.82) is 0 Å². The molecule has 8 nitrogen and oxygen atoms in total. The molecule has 0 radical (unpaired) electrons. The highest BCUT2D eigenvalue weighted by molar-refractivity contribution is 5.81. The minimum atomic E-state index is -0.235. The van der Waals surface area contributed by atoms with Crippen molar-refractivity contribution in [2.45, 2.75) is 45.2 Å². The van der Waals surface area contributed by atoms with E-state index in [1.54, 1.807) is 4.57 Å². The van der Waals surface area contributed by atoms with Crippen LogP contribution in [0, 0.1) is 0 Å². The molecule has 28 heavy (non-hydrogen) atoms. The molecule has 3 aromatic rings. The summed E-state index contributed by atoms with van der Waals surface area (Å²) in [6.07, 6.45) is 5.19. The van der Waals surface area contributed by atoms with Gasteiger partial charge in [0.05, 0.1) is 13.2 Å². The summed E-state index contributed by atoms with van der Waals surface area (Å²) in [5, 5.41) is 3.48. The predicted molar refractivity (Wildman–Crippen MR) is 107 cm³/mol. The first kappa shape index (κ1) is 17.2. The van der Waals surface area contributed by atoms with Crippen LogP contribution < -0.4 is 21.5 Å². The third-order valence-electron chi connectivity index (χ3n) is 5.66. The van der Waals surface area contributed by atoms with E-state index in [-0.39, 0.29) is 17.5 Å². The van der Waals surface area contributed by atoms with Gasteiger partial charge in [-0.25, -0.2) is 4.79 Å². The minimum Gasteiger partial charge on any atom is -0.463 e. The highest BCUT2D eigenvalue weighted by atomic mass is 16.5. The number of hydrogen-bond donors (Lipinski definition) is 3. The number of benzene rings is 1. The van der Waals surface area contributed by atoms with E-state index in [4.69, 9.17) is 10.5 Å². The number of nitrogens with one attached hydrogen (secondary N) is 2. The second-order valence-electron chi connectivity index (χ2n) is 7.58. The SMILES string of the molecule is Nc1nc2nc3c1[nH]c(=O)n3Cc1cc(c3c(c1)CCNC3)CCCCCO2. The zero-order chi connectivity index (χ0) is 19.1. The molecule has 5 rings (SSSR count). The summed E-state index contributed by atoms with van der Waals surface area (Å²) in [4.78, 5) is 24.0. The van der Waals surface area contributed by atoms with Gasteiger partial charge in [0, 0.05) is 6.54 Å². The van der Waals surface area contributed by atoms with Gasteiger partial charge in [0.15, 0.2) is 11.5 Å². The summed E-state index contributed by atoms with van der Waals surface area (Å²) in [6, 6.07) is 4.72. The number of aromatic nitrogens is 4. The van der Waals surface area contributed by atoms with Crippen molar-refractivity contribution in [3.63, 3.8) is 0 Å². The molecular weight excluding hydrogens is 356 g/mol. The monoisotopic (exact) mass is 380 g/mol. The van der Waals surface area contributed by atoms with Gasteiger partial charge in [-0.15, -0.1) is 0 Å². The Kier molecular flexibility index (Phi) is 4.27. The lowest BCUT2D eigenvalue weighted by atomic mass is 9.90. The van der Waals surface area contributed by atoms with E-state index < -0.39 is 0 Å². The van der Waals surface area contributed by atoms with Crippen LogP contribution in [0.15, 0.2) is 16.9 Å². The first-order valence-electron chi connectivity index (χ1n) is 9.92. The fourth-order valence-corrected chi connectivity index (χ4v) is 4.25. The number of ether oxygens (including phenoxy) is 1. The van der Waals surface area contributed by atoms with Gasteiger partial charge in [-0.05, 0) is 60.9 Å². The predicted octanol–water partition coefficient (Wildman–Crippen LogP) is 1.50. The number of aryl methyl sites for hydroxylation is 1. The van der Waals surface area contributed by atoms with Crippen LogP contribution in [-0.2, 0) is 25.9 Å². The van der Waals surface area contributed by atoms with Crippen LogP contribution in [0.4, 0.5) is 5.82 Å². The minimum absolute atomic E-state index is 0.229. The Hall–Kier alpha value is -2.87. The van der Waals surface area contributed by atoms with Gasteiger partial charge in [0.1, 0.15) is 5.52 Å². The van der Waals surface area contributed by atoms with Crippen LogP contribution in [0.25, 0.3) is 11.2 Å². The van der Waals surface area contributed by atoms with Crippen molar-refractivity contribution in [2.75, 3.05) is 18.9 Å². The van der Waals surface area contributed by atoms with Crippen molar-refractivity contribution < 1.29 is 4.74 Å². The molecule has 2 aliphatic heterocycles. The second-order valence-corrected chi connectivity index (χ2v) is 7.58. The van der Waals surface area contributed by atoms with E-state index in [1.165, 1.54) is 16.7 Å². The molecule has 4 N–H and O–H groups in total. The Labute approximate surface area is 162 Å². The third kappa shape index (κ3) is 3.03. The second kappa shape index (κ2) is 6.94. The van der Waals surface area contributed by atoms with Crippen LogP contribution in [0.3, 0.4) is 0 Å². The number of aromatic amines is 1. The molecule has 0 atom stereocenters. The van der Waals surface area contributed by atoms with Crippen LogP contribution in [0.1, 0.15) is 41.5 Å². The van der Waals surface area contributed by atoms with Gasteiger partial charge in [-0.3, -0.25) is 4.57 Å². The fourth-order valence-electron chi connectivity index (χ4n) is 4.25. The number of hydrogen-bond acceptors (Lipinski definition) is 6. The number of fused-ring (bicyclic) bond motifs is 5. The molecule has 0 fully saturated rings. The summed E-state index contributed by atoms with van der Waals surface area (Å²) >= 11 is 0. The Morgan fingerprint density at radius 3 is 2.86 bits per heavy atom. The molecule has 0 spiro atoms. The van der Waals surface area contributed by atoms with Crippen molar-refractivity contribution in [1.82, 2.24) is 24.8 Å². The largest absolute Gasteiger partial charge is 0.463 e. The Morgan fingerprint density at radius 1 is 1.11 bits per heavy atom. The quantitative estimate of drug-likeness (QED) is 0.545. The molecule has 4 bridgehead atoms. The number of imidazole rings is 1. The van der Waals surface area contributed by atoms with Crippen LogP contribution in [0.5, 0.6) is 6.01 Å². The zero-order valence-electron chi connectivity index (χ0n) is 15.8. The standard InChI is InChI=1S/C20H24N6O2/c21-17-16-18-25-19(24-17)28-7-3-1-2-4-13-8-12(11-26(18)20(27)23-16)9-14-5-6-22-10-15(13)14/h8-9,22H,1-7,10-11H2,(H,23,27)(H2,21,24,25). The third-order valence-corrected chi connectivity index (χ3v) is 5.66. The van der Waals surface area contributed by atoms with Crippen LogP contribution >= 0.6 is 0 Å². The number of nitrogens with two attached hydrogens (primary N) is 1. The molecule has 1 aromatic carbocycles. The van der Waals surface area contributed by atoms with Crippen molar-refractivity contribution in [3.8, 4) is 6.01 Å². The van der Waals surface area contributed by atoms with Gasteiger partial charge < -0.3 is 20.8 Å². The van der Waals surface area contributed by atoms with E-state index in [2.05, 4.69) is 32.4 Å². The first-order valence-corrected chi connectivity index (χ1v) is 9.92. The molecule has 0 amide bonds. The zero-order valence-corrected chi connectivity index (χ0v) is 15.8. The summed E-state index contributed by atoms with van der Waals surface area (Å²) in [5.74, 6) is 0.236. The maximum absolute atomic E-state index is 12.6.